The van der Waals surface area contributed by atoms with Crippen molar-refractivity contribution in [2.45, 2.75) is 31.5 Å². The molecule has 1 aliphatic heterocycles. The maximum Gasteiger partial charge on any atom is 0.320 e. The lowest BCUT2D eigenvalue weighted by atomic mass is 10.0. The van der Waals surface area contributed by atoms with E-state index in [4.69, 9.17) is 26.0 Å². The van der Waals surface area contributed by atoms with Crippen LogP contribution in [0.1, 0.15) is 39.5 Å². The minimum atomic E-state index is -0.959. The molecule has 4 rings (SSSR count). The molecule has 194 valence electrons. The smallest absolute Gasteiger partial charge is 0.320 e. The molecule has 0 spiro atoms. The van der Waals surface area contributed by atoms with E-state index in [-0.39, 0.29) is 12.3 Å². The lowest BCUT2D eigenvalue weighted by Gasteiger charge is -2.28. The van der Waals surface area contributed by atoms with Crippen molar-refractivity contribution in [3.8, 4) is 11.5 Å². The van der Waals surface area contributed by atoms with E-state index in [1.54, 1.807) is 37.3 Å². The fourth-order valence-corrected chi connectivity index (χ4v) is 4.14. The number of nitrogens with zero attached hydrogens (tertiary/aromatic N) is 1. The molecule has 3 aromatic rings. The Kier molecular flexibility index (Phi) is 9.23. The van der Waals surface area contributed by atoms with Crippen molar-refractivity contribution in [2.24, 2.45) is 11.5 Å². The van der Waals surface area contributed by atoms with Crippen LogP contribution in [0.25, 0.3) is 0 Å². The lowest BCUT2D eigenvalue weighted by Crippen LogP contribution is -2.32. The van der Waals surface area contributed by atoms with E-state index in [0.717, 1.165) is 16.7 Å². The Labute approximate surface area is 215 Å². The number of ether oxygens (including phenoxy) is 2. The van der Waals surface area contributed by atoms with Gasteiger partial charge in [-0.1, -0.05) is 54.6 Å². The minimum Gasteiger partial charge on any atom is -0.493 e. The highest BCUT2D eigenvalue weighted by molar-refractivity contribution is 5.98. The van der Waals surface area contributed by atoms with Crippen molar-refractivity contribution in [2.75, 3.05) is 14.2 Å². The van der Waals surface area contributed by atoms with Gasteiger partial charge in [-0.15, -0.1) is 0 Å². The summed E-state index contributed by atoms with van der Waals surface area (Å²) >= 11 is 0. The van der Waals surface area contributed by atoms with Crippen molar-refractivity contribution >= 4 is 17.8 Å². The van der Waals surface area contributed by atoms with E-state index >= 15 is 0 Å². The van der Waals surface area contributed by atoms with Gasteiger partial charge in [0, 0.05) is 12.1 Å². The Hall–Kier alpha value is -4.37. The van der Waals surface area contributed by atoms with Crippen molar-refractivity contribution < 1.29 is 29.0 Å². The molecule has 0 fully saturated rings. The van der Waals surface area contributed by atoms with Gasteiger partial charge in [-0.2, -0.15) is 0 Å². The van der Waals surface area contributed by atoms with E-state index in [9.17, 15) is 14.4 Å². The summed E-state index contributed by atoms with van der Waals surface area (Å²) in [4.78, 5) is 36.5. The molecule has 0 saturated carbocycles. The van der Waals surface area contributed by atoms with E-state index in [1.807, 2.05) is 54.6 Å². The Morgan fingerprint density at radius 2 is 1.62 bits per heavy atom. The highest BCUT2D eigenvalue weighted by Crippen LogP contribution is 2.37. The summed E-state index contributed by atoms with van der Waals surface area (Å²) in [6.07, 6.45) is 0.422. The van der Waals surface area contributed by atoms with Crippen LogP contribution in [0, 0.1) is 0 Å². The summed E-state index contributed by atoms with van der Waals surface area (Å²) < 4.78 is 10.6. The van der Waals surface area contributed by atoms with Crippen molar-refractivity contribution in [3.05, 3.63) is 95.1 Å². The summed E-state index contributed by atoms with van der Waals surface area (Å²) in [7, 11) is 3.10. The number of primary amides is 1. The van der Waals surface area contributed by atoms with Gasteiger partial charge in [0.05, 0.1) is 26.7 Å². The van der Waals surface area contributed by atoms with Gasteiger partial charge in [0.15, 0.2) is 11.5 Å². The predicted molar refractivity (Wildman–Crippen MR) is 138 cm³/mol. The second-order valence-electron chi connectivity index (χ2n) is 8.53. The van der Waals surface area contributed by atoms with Gasteiger partial charge in [0.2, 0.25) is 5.91 Å². The van der Waals surface area contributed by atoms with Gasteiger partial charge >= 0.3 is 5.97 Å². The maximum absolute atomic E-state index is 12.8. The first-order valence-corrected chi connectivity index (χ1v) is 11.7. The number of aliphatic carboxylic acids is 1. The second kappa shape index (κ2) is 12.5. The monoisotopic (exact) mass is 505 g/mol. The van der Waals surface area contributed by atoms with Crippen molar-refractivity contribution in [1.82, 2.24) is 4.90 Å². The molecule has 0 bridgehead atoms. The van der Waals surface area contributed by atoms with Crippen LogP contribution in [0.15, 0.2) is 72.8 Å². The van der Waals surface area contributed by atoms with Crippen LogP contribution in [0.5, 0.6) is 11.5 Å². The average Bonchev–Trinajstić information content (AvgIpc) is 3.23. The van der Waals surface area contributed by atoms with Crippen LogP contribution in [0.4, 0.5) is 0 Å². The number of amides is 2. The number of nitrogens with two attached hydrogens (primary N) is 2. The first-order valence-electron chi connectivity index (χ1n) is 11.7. The molecule has 2 amide bonds. The number of carboxylic acids is 1. The SMILES string of the molecule is COc1ccc(C(CC(N)=O)N2Cc3ccccc3C2=O)cc1OC.NC(Cc1ccccc1)C(=O)O. The van der Waals surface area contributed by atoms with E-state index < -0.39 is 24.0 Å². The number of hydrogen-bond donors (Lipinski definition) is 3. The molecule has 0 aromatic heterocycles. The van der Waals surface area contributed by atoms with E-state index in [2.05, 4.69) is 0 Å². The second-order valence-corrected chi connectivity index (χ2v) is 8.53. The number of rotatable bonds is 9. The lowest BCUT2D eigenvalue weighted by molar-refractivity contribution is -0.138. The molecule has 2 unspecified atom stereocenters. The van der Waals surface area contributed by atoms with E-state index in [0.29, 0.717) is 30.0 Å². The average molecular weight is 506 g/mol. The number of benzene rings is 3. The van der Waals surface area contributed by atoms with Crippen LogP contribution in [0.2, 0.25) is 0 Å². The normalized spacial score (nSPS) is 13.6. The highest BCUT2D eigenvalue weighted by Gasteiger charge is 2.34. The van der Waals surface area contributed by atoms with Crippen molar-refractivity contribution in [3.63, 3.8) is 0 Å². The Morgan fingerprint density at radius 1 is 0.973 bits per heavy atom. The van der Waals surface area contributed by atoms with Gasteiger partial charge in [-0.25, -0.2) is 0 Å². The molecule has 5 N–H and O–H groups in total. The number of carboxylic acid groups (broad SMARTS) is 1. The van der Waals surface area contributed by atoms with E-state index in [1.165, 1.54) is 0 Å². The number of carbonyl (C=O) groups is 3. The first kappa shape index (κ1) is 27.2. The third-order valence-electron chi connectivity index (χ3n) is 6.03. The standard InChI is InChI=1S/C19H20N2O4.C9H11NO2/c1-24-16-8-7-12(9-17(16)25-2)15(10-18(20)22)21-11-13-5-3-4-6-14(13)19(21)23;10-8(9(11)12)6-7-4-2-1-3-5-7/h3-9,15H,10-11H2,1-2H3,(H2,20,22);1-5,8H,6,10H2,(H,11,12). The molecule has 37 heavy (non-hydrogen) atoms. The number of fused-ring (bicyclic) bond motifs is 1. The quantitative estimate of drug-likeness (QED) is 0.405. The fraction of sp³-hybridized carbons (Fsp3) is 0.250. The highest BCUT2D eigenvalue weighted by atomic mass is 16.5. The zero-order valence-corrected chi connectivity index (χ0v) is 20.8. The third kappa shape index (κ3) is 6.86. The van der Waals surface area contributed by atoms with Gasteiger partial charge in [-0.3, -0.25) is 14.4 Å². The molecule has 3 aromatic carbocycles. The molecule has 9 heteroatoms. The van der Waals surface area contributed by atoms with Gasteiger partial charge < -0.3 is 30.9 Å². The molecule has 2 atom stereocenters. The van der Waals surface area contributed by atoms with Crippen LogP contribution in [-0.2, 0) is 22.6 Å². The van der Waals surface area contributed by atoms with Gasteiger partial charge in [-0.05, 0) is 41.3 Å². The Morgan fingerprint density at radius 3 is 2.22 bits per heavy atom. The summed E-state index contributed by atoms with van der Waals surface area (Å²) in [5, 5.41) is 8.52. The molecule has 1 heterocycles. The minimum absolute atomic E-state index is 0.0369. The van der Waals surface area contributed by atoms with Crippen LogP contribution < -0.4 is 20.9 Å². The fourth-order valence-electron chi connectivity index (χ4n) is 4.14. The van der Waals surface area contributed by atoms with Gasteiger partial charge in [0.1, 0.15) is 6.04 Å². The summed E-state index contributed by atoms with van der Waals surface area (Å²) in [5.41, 5.74) is 14.1. The van der Waals surface area contributed by atoms with Crippen molar-refractivity contribution in [1.29, 1.82) is 0 Å². The maximum atomic E-state index is 12.8. The molecular formula is C28H31N3O6. The van der Waals surface area contributed by atoms with Crippen LogP contribution in [-0.4, -0.2) is 48.1 Å². The molecular weight excluding hydrogens is 474 g/mol. The van der Waals surface area contributed by atoms with Crippen LogP contribution >= 0.6 is 0 Å². The zero-order chi connectivity index (χ0) is 26.9. The number of carbonyl (C=O) groups excluding carboxylic acids is 2. The first-order chi connectivity index (χ1) is 17.7. The molecule has 0 radical (unpaired) electrons. The third-order valence-corrected chi connectivity index (χ3v) is 6.03. The van der Waals surface area contributed by atoms with Crippen LogP contribution in [0.3, 0.4) is 0 Å². The number of methoxy groups -OCH3 is 2. The zero-order valence-electron chi connectivity index (χ0n) is 20.8. The molecule has 9 nitrogen and oxygen atoms in total. The summed E-state index contributed by atoms with van der Waals surface area (Å²) in [6.45, 7) is 0.446. The largest absolute Gasteiger partial charge is 0.493 e. The molecule has 0 aliphatic carbocycles. The topological polar surface area (TPSA) is 145 Å². The Bertz CT molecular complexity index is 1250. The molecule has 0 saturated heterocycles. The Balaban J connectivity index is 0.000000266. The number of hydrogen-bond acceptors (Lipinski definition) is 6. The molecule has 1 aliphatic rings. The predicted octanol–water partition coefficient (Wildman–Crippen LogP) is 2.92. The van der Waals surface area contributed by atoms with Gasteiger partial charge in [0.25, 0.3) is 5.91 Å². The summed E-state index contributed by atoms with van der Waals surface area (Å²) in [5.74, 6) is -0.405. The summed E-state index contributed by atoms with van der Waals surface area (Å²) in [6, 6.07) is 20.9.